The third kappa shape index (κ3) is 3.22. The zero-order chi connectivity index (χ0) is 12.3. The Hall–Kier alpha value is -1.02. The van der Waals surface area contributed by atoms with E-state index in [1.807, 2.05) is 19.1 Å². The SMILES string of the molecule is CCCN(CC1CC1)c1ccccc1C(C)O. The maximum atomic E-state index is 9.84. The molecular formula is C15H23NO. The average molecular weight is 233 g/mol. The molecule has 17 heavy (non-hydrogen) atoms. The fourth-order valence-electron chi connectivity index (χ4n) is 2.32. The van der Waals surface area contributed by atoms with Gasteiger partial charge in [0.1, 0.15) is 0 Å². The monoisotopic (exact) mass is 233 g/mol. The number of hydrogen-bond donors (Lipinski definition) is 1. The first-order valence-corrected chi connectivity index (χ1v) is 6.74. The van der Waals surface area contributed by atoms with Gasteiger partial charge in [-0.15, -0.1) is 0 Å². The Bertz CT molecular complexity index is 358. The van der Waals surface area contributed by atoms with Gasteiger partial charge in [-0.05, 0) is 38.2 Å². The minimum Gasteiger partial charge on any atom is -0.389 e. The number of nitrogens with zero attached hydrogens (tertiary/aromatic N) is 1. The first-order valence-electron chi connectivity index (χ1n) is 6.74. The van der Waals surface area contributed by atoms with E-state index >= 15 is 0 Å². The van der Waals surface area contributed by atoms with Crippen molar-refractivity contribution in [2.24, 2.45) is 5.92 Å². The zero-order valence-corrected chi connectivity index (χ0v) is 10.9. The highest BCUT2D eigenvalue weighted by atomic mass is 16.3. The first-order chi connectivity index (χ1) is 8.22. The molecule has 0 heterocycles. The maximum Gasteiger partial charge on any atom is 0.0781 e. The van der Waals surface area contributed by atoms with Crippen LogP contribution in [0.25, 0.3) is 0 Å². The third-order valence-electron chi connectivity index (χ3n) is 3.40. The molecule has 0 saturated heterocycles. The molecule has 0 aliphatic heterocycles. The molecule has 0 radical (unpaired) electrons. The van der Waals surface area contributed by atoms with Crippen molar-refractivity contribution < 1.29 is 5.11 Å². The van der Waals surface area contributed by atoms with E-state index < -0.39 is 0 Å². The first kappa shape index (κ1) is 12.4. The summed E-state index contributed by atoms with van der Waals surface area (Å²) in [6.45, 7) is 6.29. The van der Waals surface area contributed by atoms with Crippen molar-refractivity contribution in [1.29, 1.82) is 0 Å². The van der Waals surface area contributed by atoms with Crippen molar-refractivity contribution in [2.75, 3.05) is 18.0 Å². The lowest BCUT2D eigenvalue weighted by Crippen LogP contribution is -2.27. The number of hydrogen-bond acceptors (Lipinski definition) is 2. The van der Waals surface area contributed by atoms with Crippen molar-refractivity contribution in [2.45, 2.75) is 39.2 Å². The van der Waals surface area contributed by atoms with Gasteiger partial charge in [-0.3, -0.25) is 0 Å². The van der Waals surface area contributed by atoms with Gasteiger partial charge < -0.3 is 10.0 Å². The van der Waals surface area contributed by atoms with Crippen molar-refractivity contribution in [1.82, 2.24) is 0 Å². The highest BCUT2D eigenvalue weighted by Gasteiger charge is 2.25. The minimum absolute atomic E-state index is 0.384. The summed E-state index contributed by atoms with van der Waals surface area (Å²) in [5, 5.41) is 9.84. The van der Waals surface area contributed by atoms with Gasteiger partial charge >= 0.3 is 0 Å². The molecule has 1 N–H and O–H groups in total. The van der Waals surface area contributed by atoms with Gasteiger partial charge in [-0.1, -0.05) is 25.1 Å². The second kappa shape index (κ2) is 5.54. The lowest BCUT2D eigenvalue weighted by atomic mass is 10.1. The van der Waals surface area contributed by atoms with Gasteiger partial charge in [-0.2, -0.15) is 0 Å². The lowest BCUT2D eigenvalue weighted by Gasteiger charge is -2.27. The fraction of sp³-hybridized carbons (Fsp3) is 0.600. The summed E-state index contributed by atoms with van der Waals surface area (Å²) in [6.07, 6.45) is 3.51. The molecule has 0 amide bonds. The molecule has 1 aromatic rings. The lowest BCUT2D eigenvalue weighted by molar-refractivity contribution is 0.199. The van der Waals surface area contributed by atoms with Crippen LogP contribution in [0.4, 0.5) is 5.69 Å². The largest absolute Gasteiger partial charge is 0.389 e. The summed E-state index contributed by atoms with van der Waals surface area (Å²) in [5.41, 5.74) is 2.28. The Morgan fingerprint density at radius 3 is 2.65 bits per heavy atom. The van der Waals surface area contributed by atoms with Crippen LogP contribution in [0.15, 0.2) is 24.3 Å². The number of aliphatic hydroxyl groups is 1. The summed E-state index contributed by atoms with van der Waals surface area (Å²) < 4.78 is 0. The molecule has 1 unspecified atom stereocenters. The van der Waals surface area contributed by atoms with E-state index in [-0.39, 0.29) is 6.10 Å². The van der Waals surface area contributed by atoms with Crippen molar-refractivity contribution in [3.63, 3.8) is 0 Å². The van der Waals surface area contributed by atoms with Crippen LogP contribution in [0.3, 0.4) is 0 Å². The summed E-state index contributed by atoms with van der Waals surface area (Å²) in [5.74, 6) is 0.878. The fourth-order valence-corrected chi connectivity index (χ4v) is 2.32. The highest BCUT2D eigenvalue weighted by molar-refractivity contribution is 5.54. The predicted octanol–water partition coefficient (Wildman–Crippen LogP) is 3.37. The van der Waals surface area contributed by atoms with Crippen molar-refractivity contribution in [3.05, 3.63) is 29.8 Å². The number of para-hydroxylation sites is 1. The summed E-state index contributed by atoms with van der Waals surface area (Å²) in [6, 6.07) is 8.25. The van der Waals surface area contributed by atoms with E-state index in [9.17, 15) is 5.11 Å². The Kier molecular flexibility index (Phi) is 4.06. The van der Waals surface area contributed by atoms with E-state index in [4.69, 9.17) is 0 Å². The number of benzene rings is 1. The second-order valence-corrected chi connectivity index (χ2v) is 5.12. The van der Waals surface area contributed by atoms with Gasteiger partial charge in [0, 0.05) is 24.3 Å². The molecule has 94 valence electrons. The molecule has 1 aromatic carbocycles. The molecular weight excluding hydrogens is 210 g/mol. The summed E-state index contributed by atoms with van der Waals surface area (Å²) in [4.78, 5) is 2.44. The average Bonchev–Trinajstić information content (AvgIpc) is 3.12. The van der Waals surface area contributed by atoms with E-state index in [0.29, 0.717) is 0 Å². The molecule has 1 aliphatic carbocycles. The Morgan fingerprint density at radius 2 is 2.06 bits per heavy atom. The van der Waals surface area contributed by atoms with Gasteiger partial charge in [0.15, 0.2) is 0 Å². The van der Waals surface area contributed by atoms with Crippen molar-refractivity contribution in [3.8, 4) is 0 Å². The van der Waals surface area contributed by atoms with Crippen LogP contribution in [0.1, 0.15) is 44.8 Å². The zero-order valence-electron chi connectivity index (χ0n) is 10.9. The quantitative estimate of drug-likeness (QED) is 0.814. The van der Waals surface area contributed by atoms with E-state index in [1.165, 1.54) is 18.5 Å². The molecule has 2 heteroatoms. The Labute approximate surface area is 104 Å². The topological polar surface area (TPSA) is 23.5 Å². The van der Waals surface area contributed by atoms with Gasteiger partial charge in [-0.25, -0.2) is 0 Å². The molecule has 0 spiro atoms. The predicted molar refractivity (Wildman–Crippen MR) is 72.3 cm³/mol. The molecule has 1 atom stereocenters. The smallest absolute Gasteiger partial charge is 0.0781 e. The molecule has 1 fully saturated rings. The maximum absolute atomic E-state index is 9.84. The Morgan fingerprint density at radius 1 is 1.35 bits per heavy atom. The number of rotatable bonds is 6. The molecule has 0 aromatic heterocycles. The molecule has 2 nitrogen and oxygen atoms in total. The van der Waals surface area contributed by atoms with E-state index in [0.717, 1.165) is 31.0 Å². The minimum atomic E-state index is -0.384. The molecule has 0 bridgehead atoms. The summed E-state index contributed by atoms with van der Waals surface area (Å²) >= 11 is 0. The van der Waals surface area contributed by atoms with E-state index in [1.54, 1.807) is 0 Å². The van der Waals surface area contributed by atoms with Crippen LogP contribution in [-0.2, 0) is 0 Å². The van der Waals surface area contributed by atoms with Crippen LogP contribution in [0.5, 0.6) is 0 Å². The van der Waals surface area contributed by atoms with Crippen LogP contribution < -0.4 is 4.90 Å². The van der Waals surface area contributed by atoms with Crippen LogP contribution >= 0.6 is 0 Å². The third-order valence-corrected chi connectivity index (χ3v) is 3.40. The highest BCUT2D eigenvalue weighted by Crippen LogP contribution is 2.33. The van der Waals surface area contributed by atoms with Gasteiger partial charge in [0.25, 0.3) is 0 Å². The molecule has 1 aliphatic rings. The number of anilines is 1. The normalized spacial score (nSPS) is 16.9. The van der Waals surface area contributed by atoms with Crippen LogP contribution in [0.2, 0.25) is 0 Å². The molecule has 2 rings (SSSR count). The number of aliphatic hydroxyl groups excluding tert-OH is 1. The Balaban J connectivity index is 2.20. The van der Waals surface area contributed by atoms with Crippen molar-refractivity contribution >= 4 is 5.69 Å². The summed E-state index contributed by atoms with van der Waals surface area (Å²) in [7, 11) is 0. The van der Waals surface area contributed by atoms with Gasteiger partial charge in [0.05, 0.1) is 6.10 Å². The van der Waals surface area contributed by atoms with Crippen LogP contribution in [-0.4, -0.2) is 18.2 Å². The van der Waals surface area contributed by atoms with Gasteiger partial charge in [0.2, 0.25) is 0 Å². The second-order valence-electron chi connectivity index (χ2n) is 5.12. The standard InChI is InChI=1S/C15H23NO/c1-3-10-16(11-13-8-9-13)15-7-5-4-6-14(15)12(2)17/h4-7,12-13,17H,3,8-11H2,1-2H3. The van der Waals surface area contributed by atoms with Crippen LogP contribution in [0, 0.1) is 5.92 Å². The molecule has 1 saturated carbocycles. The van der Waals surface area contributed by atoms with E-state index in [2.05, 4.69) is 24.0 Å².